The number of aromatic amines is 1. The first-order valence-electron chi connectivity index (χ1n) is 7.40. The van der Waals surface area contributed by atoms with E-state index in [1.54, 1.807) is 25.1 Å². The van der Waals surface area contributed by atoms with Gasteiger partial charge in [0.05, 0.1) is 25.7 Å². The number of H-pyrrole nitrogens is 1. The molecule has 0 fully saturated rings. The highest BCUT2D eigenvalue weighted by molar-refractivity contribution is 5.57. The standard InChI is InChI=1S/C17H16N4O4/c1-8-20-16(22)14-13(11(7-18)15(19)25-17(14)21-8)10-6-9(23-2)4-5-12(10)24-3/h4-6,13H,19H2,1-3H3,(H,20,21,22)/t13-/m0/s1. The molecule has 0 aliphatic carbocycles. The topological polar surface area (TPSA) is 123 Å². The quantitative estimate of drug-likeness (QED) is 0.863. The van der Waals surface area contributed by atoms with Crippen molar-refractivity contribution in [2.75, 3.05) is 14.2 Å². The third-order valence-electron chi connectivity index (χ3n) is 3.96. The fraction of sp³-hybridized carbons (Fsp3) is 0.235. The lowest BCUT2D eigenvalue weighted by atomic mass is 9.84. The van der Waals surface area contributed by atoms with E-state index in [9.17, 15) is 10.1 Å². The van der Waals surface area contributed by atoms with Gasteiger partial charge in [0.25, 0.3) is 5.56 Å². The van der Waals surface area contributed by atoms with Crippen LogP contribution in [0.3, 0.4) is 0 Å². The molecule has 3 rings (SSSR count). The summed E-state index contributed by atoms with van der Waals surface area (Å²) in [6.07, 6.45) is 0. The number of hydrogen-bond donors (Lipinski definition) is 2. The van der Waals surface area contributed by atoms with Crippen LogP contribution in [0.15, 0.2) is 34.4 Å². The summed E-state index contributed by atoms with van der Waals surface area (Å²) in [5.41, 5.74) is 6.36. The fourth-order valence-electron chi connectivity index (χ4n) is 2.84. The zero-order chi connectivity index (χ0) is 18.1. The normalized spacial score (nSPS) is 15.8. The van der Waals surface area contributed by atoms with E-state index >= 15 is 0 Å². The highest BCUT2D eigenvalue weighted by Gasteiger charge is 2.36. The average Bonchev–Trinajstić information content (AvgIpc) is 2.59. The molecular weight excluding hydrogens is 324 g/mol. The minimum atomic E-state index is -0.782. The van der Waals surface area contributed by atoms with E-state index in [2.05, 4.69) is 9.97 Å². The molecule has 0 bridgehead atoms. The molecular formula is C17H16N4O4. The number of fused-ring (bicyclic) bond motifs is 1. The Hall–Kier alpha value is -3.47. The number of nitrogens with zero attached hydrogens (tertiary/aromatic N) is 2. The zero-order valence-electron chi connectivity index (χ0n) is 13.9. The van der Waals surface area contributed by atoms with Crippen LogP contribution >= 0.6 is 0 Å². The van der Waals surface area contributed by atoms with Crippen molar-refractivity contribution in [1.82, 2.24) is 9.97 Å². The van der Waals surface area contributed by atoms with Gasteiger partial charge >= 0.3 is 0 Å². The second-order valence-corrected chi connectivity index (χ2v) is 5.40. The largest absolute Gasteiger partial charge is 0.497 e. The molecule has 1 aromatic heterocycles. The van der Waals surface area contributed by atoms with Crippen LogP contribution in [-0.4, -0.2) is 24.2 Å². The summed E-state index contributed by atoms with van der Waals surface area (Å²) in [7, 11) is 3.03. The smallest absolute Gasteiger partial charge is 0.258 e. The Morgan fingerprint density at radius 3 is 2.76 bits per heavy atom. The van der Waals surface area contributed by atoms with E-state index in [1.807, 2.05) is 6.07 Å². The predicted molar refractivity (Wildman–Crippen MR) is 88.4 cm³/mol. The van der Waals surface area contributed by atoms with Gasteiger partial charge in [0.2, 0.25) is 11.8 Å². The molecule has 1 aliphatic heterocycles. The van der Waals surface area contributed by atoms with Crippen molar-refractivity contribution in [2.45, 2.75) is 12.8 Å². The maximum absolute atomic E-state index is 12.6. The van der Waals surface area contributed by atoms with Crippen molar-refractivity contribution in [2.24, 2.45) is 5.73 Å². The number of hydrogen-bond acceptors (Lipinski definition) is 7. The lowest BCUT2D eigenvalue weighted by Crippen LogP contribution is -2.29. The van der Waals surface area contributed by atoms with Crippen LogP contribution in [0.4, 0.5) is 0 Å². The van der Waals surface area contributed by atoms with E-state index < -0.39 is 11.5 Å². The second-order valence-electron chi connectivity index (χ2n) is 5.40. The van der Waals surface area contributed by atoms with Crippen molar-refractivity contribution < 1.29 is 14.2 Å². The van der Waals surface area contributed by atoms with Gasteiger partial charge in [0.15, 0.2) is 0 Å². The maximum atomic E-state index is 12.6. The van der Waals surface area contributed by atoms with Crippen molar-refractivity contribution in [3.8, 4) is 23.4 Å². The number of ether oxygens (including phenoxy) is 3. The van der Waals surface area contributed by atoms with Crippen LogP contribution in [0, 0.1) is 18.3 Å². The van der Waals surface area contributed by atoms with Crippen LogP contribution in [0.1, 0.15) is 22.9 Å². The molecule has 0 saturated heterocycles. The summed E-state index contributed by atoms with van der Waals surface area (Å²) >= 11 is 0. The molecule has 0 saturated carbocycles. The molecule has 8 heteroatoms. The van der Waals surface area contributed by atoms with Gasteiger partial charge in [-0.25, -0.2) is 0 Å². The number of rotatable bonds is 3. The number of methoxy groups -OCH3 is 2. The number of allylic oxidation sites excluding steroid dienone is 1. The van der Waals surface area contributed by atoms with Gasteiger partial charge in [-0.05, 0) is 25.1 Å². The van der Waals surface area contributed by atoms with Gasteiger partial charge in [-0.1, -0.05) is 0 Å². The van der Waals surface area contributed by atoms with Crippen LogP contribution < -0.4 is 25.5 Å². The van der Waals surface area contributed by atoms with E-state index in [1.165, 1.54) is 14.2 Å². The molecule has 0 spiro atoms. The highest BCUT2D eigenvalue weighted by atomic mass is 16.5. The van der Waals surface area contributed by atoms with Crippen LogP contribution in [0.2, 0.25) is 0 Å². The fourth-order valence-corrected chi connectivity index (χ4v) is 2.84. The molecule has 1 aromatic carbocycles. The van der Waals surface area contributed by atoms with Gasteiger partial charge in [0.1, 0.15) is 29.0 Å². The maximum Gasteiger partial charge on any atom is 0.258 e. The minimum Gasteiger partial charge on any atom is -0.497 e. The molecule has 2 heterocycles. The van der Waals surface area contributed by atoms with Crippen LogP contribution in [-0.2, 0) is 0 Å². The molecule has 3 N–H and O–H groups in total. The van der Waals surface area contributed by atoms with Crippen molar-refractivity contribution in [3.05, 3.63) is 57.0 Å². The summed E-state index contributed by atoms with van der Waals surface area (Å²) in [4.78, 5) is 19.4. The van der Waals surface area contributed by atoms with Gasteiger partial charge in [-0.2, -0.15) is 10.2 Å². The first kappa shape index (κ1) is 16.4. The zero-order valence-corrected chi connectivity index (χ0v) is 13.9. The molecule has 1 atom stereocenters. The first-order chi connectivity index (χ1) is 12.0. The molecule has 0 radical (unpaired) electrons. The number of benzene rings is 1. The molecule has 1 aliphatic rings. The summed E-state index contributed by atoms with van der Waals surface area (Å²) < 4.78 is 16.1. The van der Waals surface area contributed by atoms with E-state index in [-0.39, 0.29) is 22.9 Å². The van der Waals surface area contributed by atoms with Crippen molar-refractivity contribution in [3.63, 3.8) is 0 Å². The highest BCUT2D eigenvalue weighted by Crippen LogP contribution is 2.43. The second kappa shape index (κ2) is 6.20. The molecule has 128 valence electrons. The van der Waals surface area contributed by atoms with Gasteiger partial charge in [-0.15, -0.1) is 0 Å². The van der Waals surface area contributed by atoms with Crippen LogP contribution in [0.25, 0.3) is 0 Å². The third-order valence-corrected chi connectivity index (χ3v) is 3.96. The summed E-state index contributed by atoms with van der Waals surface area (Å²) in [6.45, 7) is 1.63. The van der Waals surface area contributed by atoms with Gasteiger partial charge in [0, 0.05) is 5.56 Å². The molecule has 8 nitrogen and oxygen atoms in total. The van der Waals surface area contributed by atoms with E-state index in [4.69, 9.17) is 19.9 Å². The Morgan fingerprint density at radius 1 is 1.36 bits per heavy atom. The predicted octanol–water partition coefficient (Wildman–Crippen LogP) is 1.31. The monoisotopic (exact) mass is 340 g/mol. The number of aromatic nitrogens is 2. The lowest BCUT2D eigenvalue weighted by molar-refractivity contribution is 0.368. The molecule has 25 heavy (non-hydrogen) atoms. The first-order valence-corrected chi connectivity index (χ1v) is 7.40. The number of nitriles is 1. The van der Waals surface area contributed by atoms with Crippen LogP contribution in [0.5, 0.6) is 17.4 Å². The average molecular weight is 340 g/mol. The third kappa shape index (κ3) is 2.65. The molecule has 0 amide bonds. The lowest BCUT2D eigenvalue weighted by Gasteiger charge is -2.26. The Labute approximate surface area is 143 Å². The SMILES string of the molecule is COc1ccc(OC)c([C@H]2C(C#N)=C(N)Oc3nc(C)[nH]c(=O)c32)c1. The van der Waals surface area contributed by atoms with E-state index in [0.29, 0.717) is 22.9 Å². The van der Waals surface area contributed by atoms with Gasteiger partial charge in [-0.3, -0.25) is 4.79 Å². The Morgan fingerprint density at radius 2 is 2.12 bits per heavy atom. The van der Waals surface area contributed by atoms with Gasteiger partial charge < -0.3 is 24.9 Å². The minimum absolute atomic E-state index is 0.0765. The summed E-state index contributed by atoms with van der Waals surface area (Å²) in [5, 5.41) is 9.58. The Bertz CT molecular complexity index is 972. The Balaban J connectivity index is 2.35. The summed E-state index contributed by atoms with van der Waals surface area (Å²) in [5.74, 6) is 0.620. The number of aryl methyl sites for hydroxylation is 1. The van der Waals surface area contributed by atoms with E-state index in [0.717, 1.165) is 0 Å². The Kier molecular flexibility index (Phi) is 4.07. The summed E-state index contributed by atoms with van der Waals surface area (Å²) in [6, 6.07) is 7.14. The number of nitrogens with one attached hydrogen (secondary N) is 1. The number of nitrogens with two attached hydrogens (primary N) is 1. The molecule has 2 aromatic rings. The molecule has 0 unspecified atom stereocenters. The van der Waals surface area contributed by atoms with Crippen molar-refractivity contribution >= 4 is 0 Å². The van der Waals surface area contributed by atoms with Crippen molar-refractivity contribution in [1.29, 1.82) is 5.26 Å².